The van der Waals surface area contributed by atoms with E-state index in [2.05, 4.69) is 34.1 Å². The van der Waals surface area contributed by atoms with Gasteiger partial charge in [-0.3, -0.25) is 9.59 Å². The van der Waals surface area contributed by atoms with Gasteiger partial charge in [-0.15, -0.1) is 0 Å². The van der Waals surface area contributed by atoms with Crippen LogP contribution in [0, 0.1) is 6.92 Å². The average molecular weight is 351 g/mol. The highest BCUT2D eigenvalue weighted by Crippen LogP contribution is 2.19. The minimum atomic E-state index is -0.322. The fourth-order valence-electron chi connectivity index (χ4n) is 3.21. The summed E-state index contributed by atoms with van der Waals surface area (Å²) in [6.45, 7) is 5.77. The van der Waals surface area contributed by atoms with Crippen LogP contribution in [0.15, 0.2) is 42.5 Å². The van der Waals surface area contributed by atoms with Crippen LogP contribution in [-0.4, -0.2) is 11.8 Å². The summed E-state index contributed by atoms with van der Waals surface area (Å²) in [6, 6.07) is 13.9. The maximum absolute atomic E-state index is 12.4. The summed E-state index contributed by atoms with van der Waals surface area (Å²) >= 11 is 0. The monoisotopic (exact) mass is 351 g/mol. The summed E-state index contributed by atoms with van der Waals surface area (Å²) < 4.78 is 0. The number of carbonyl (C=O) groups is 2. The zero-order valence-electron chi connectivity index (χ0n) is 15.3. The Hall–Kier alpha value is -2.66. The summed E-state index contributed by atoms with van der Waals surface area (Å²) in [5.74, 6) is -0.225. The van der Waals surface area contributed by atoms with E-state index >= 15 is 0 Å². The first-order valence-corrected chi connectivity index (χ1v) is 8.93. The first-order valence-electron chi connectivity index (χ1n) is 8.93. The molecule has 5 heteroatoms. The zero-order chi connectivity index (χ0) is 18.5. The predicted octanol–water partition coefficient (Wildman–Crippen LogP) is 2.48. The van der Waals surface area contributed by atoms with Crippen molar-refractivity contribution in [3.05, 3.63) is 70.3 Å². The highest BCUT2D eigenvalue weighted by Gasteiger charge is 2.17. The Kier molecular flexibility index (Phi) is 5.68. The molecule has 1 atom stereocenters. The Morgan fingerprint density at radius 1 is 1.08 bits per heavy atom. The third kappa shape index (κ3) is 4.70. The number of hydrogen-bond donors (Lipinski definition) is 3. The third-order valence-corrected chi connectivity index (χ3v) is 4.64. The Labute approximate surface area is 154 Å². The van der Waals surface area contributed by atoms with Crippen molar-refractivity contribution in [3.63, 3.8) is 0 Å². The molecule has 0 fully saturated rings. The smallest absolute Gasteiger partial charge is 0.222 e. The Balaban J connectivity index is 1.60. The van der Waals surface area contributed by atoms with Gasteiger partial charge in [0.25, 0.3) is 0 Å². The van der Waals surface area contributed by atoms with Crippen molar-refractivity contribution in [1.82, 2.24) is 16.0 Å². The average Bonchev–Trinajstić information content (AvgIpc) is 3.07. The van der Waals surface area contributed by atoms with Crippen molar-refractivity contribution in [2.24, 2.45) is 0 Å². The van der Waals surface area contributed by atoms with Gasteiger partial charge >= 0.3 is 0 Å². The van der Waals surface area contributed by atoms with Crippen LogP contribution < -0.4 is 16.0 Å². The molecule has 0 bridgehead atoms. The summed E-state index contributed by atoms with van der Waals surface area (Å²) in [5.41, 5.74) is 5.79. The van der Waals surface area contributed by atoms with Crippen LogP contribution in [0.25, 0.3) is 0 Å². The molecule has 0 saturated carbocycles. The summed E-state index contributed by atoms with van der Waals surface area (Å²) in [6.07, 6.45) is 0.217. The Morgan fingerprint density at radius 3 is 2.54 bits per heavy atom. The van der Waals surface area contributed by atoms with Gasteiger partial charge in [0, 0.05) is 26.6 Å². The van der Waals surface area contributed by atoms with E-state index in [1.807, 2.05) is 31.2 Å². The van der Waals surface area contributed by atoms with E-state index in [0.29, 0.717) is 6.54 Å². The number of amides is 2. The first-order chi connectivity index (χ1) is 12.5. The molecule has 1 aliphatic heterocycles. The van der Waals surface area contributed by atoms with Crippen LogP contribution in [0.3, 0.4) is 0 Å². The highest BCUT2D eigenvalue weighted by molar-refractivity contribution is 5.79. The molecule has 3 N–H and O–H groups in total. The molecule has 26 heavy (non-hydrogen) atoms. The molecule has 1 unspecified atom stereocenters. The molecule has 136 valence electrons. The molecule has 2 amide bonds. The lowest BCUT2D eigenvalue weighted by atomic mass is 10.0. The van der Waals surface area contributed by atoms with Crippen molar-refractivity contribution < 1.29 is 9.59 Å². The largest absolute Gasteiger partial charge is 0.352 e. The van der Waals surface area contributed by atoms with Gasteiger partial charge in [-0.05, 0) is 29.2 Å². The van der Waals surface area contributed by atoms with Gasteiger partial charge in [0.2, 0.25) is 11.8 Å². The second-order valence-corrected chi connectivity index (χ2v) is 6.85. The van der Waals surface area contributed by atoms with Gasteiger partial charge in [0.1, 0.15) is 0 Å². The fraction of sp³-hybridized carbons (Fsp3) is 0.333. The summed E-state index contributed by atoms with van der Waals surface area (Å²) in [4.78, 5) is 23.9. The van der Waals surface area contributed by atoms with E-state index in [1.54, 1.807) is 0 Å². The van der Waals surface area contributed by atoms with Crippen LogP contribution >= 0.6 is 0 Å². The molecule has 1 heterocycles. The number of benzene rings is 2. The van der Waals surface area contributed by atoms with Crippen LogP contribution in [0.1, 0.15) is 47.2 Å². The van der Waals surface area contributed by atoms with Gasteiger partial charge in [-0.25, -0.2) is 0 Å². The zero-order valence-corrected chi connectivity index (χ0v) is 15.3. The van der Waals surface area contributed by atoms with Gasteiger partial charge in [-0.2, -0.15) is 0 Å². The molecule has 3 rings (SSSR count). The molecule has 2 aromatic carbocycles. The number of aryl methyl sites for hydroxylation is 1. The maximum Gasteiger partial charge on any atom is 0.222 e. The van der Waals surface area contributed by atoms with Crippen LogP contribution in [-0.2, 0) is 29.2 Å². The fourth-order valence-corrected chi connectivity index (χ4v) is 3.21. The second kappa shape index (κ2) is 8.15. The van der Waals surface area contributed by atoms with Crippen molar-refractivity contribution in [2.75, 3.05) is 0 Å². The van der Waals surface area contributed by atoms with E-state index in [4.69, 9.17) is 0 Å². The molecule has 0 radical (unpaired) electrons. The molecule has 0 saturated heterocycles. The molecule has 0 spiro atoms. The molecular weight excluding hydrogens is 326 g/mol. The third-order valence-electron chi connectivity index (χ3n) is 4.64. The molecule has 0 aromatic heterocycles. The number of rotatable bonds is 6. The second-order valence-electron chi connectivity index (χ2n) is 6.85. The van der Waals surface area contributed by atoms with Crippen molar-refractivity contribution in [3.8, 4) is 0 Å². The SMILES string of the molecule is CC(=O)NC(CC(=O)NCc1ccc2c(c1)CNC2)c1ccc(C)cc1. The van der Waals surface area contributed by atoms with E-state index in [0.717, 1.165) is 29.8 Å². The van der Waals surface area contributed by atoms with Gasteiger partial charge < -0.3 is 16.0 Å². The minimum Gasteiger partial charge on any atom is -0.352 e. The van der Waals surface area contributed by atoms with Crippen LogP contribution in [0.5, 0.6) is 0 Å². The molecule has 5 nitrogen and oxygen atoms in total. The van der Waals surface area contributed by atoms with E-state index in [1.165, 1.54) is 18.1 Å². The molecule has 1 aliphatic rings. The molecule has 0 aliphatic carbocycles. The maximum atomic E-state index is 12.4. The van der Waals surface area contributed by atoms with Crippen molar-refractivity contribution >= 4 is 11.8 Å². The minimum absolute atomic E-state index is 0.0806. The number of hydrogen-bond acceptors (Lipinski definition) is 3. The van der Waals surface area contributed by atoms with Crippen LogP contribution in [0.4, 0.5) is 0 Å². The Bertz CT molecular complexity index is 799. The normalized spacial score (nSPS) is 13.8. The summed E-state index contributed by atoms with van der Waals surface area (Å²) in [5, 5.41) is 9.15. The Morgan fingerprint density at radius 2 is 1.81 bits per heavy atom. The number of carbonyl (C=O) groups excluding carboxylic acids is 2. The molecule has 2 aromatic rings. The summed E-state index contributed by atoms with van der Waals surface area (Å²) in [7, 11) is 0. The van der Waals surface area contributed by atoms with E-state index in [9.17, 15) is 9.59 Å². The van der Waals surface area contributed by atoms with Gasteiger partial charge in [0.15, 0.2) is 0 Å². The quantitative estimate of drug-likeness (QED) is 0.749. The van der Waals surface area contributed by atoms with Gasteiger partial charge in [0.05, 0.1) is 12.5 Å². The number of fused-ring (bicyclic) bond motifs is 1. The number of nitrogens with one attached hydrogen (secondary N) is 3. The lowest BCUT2D eigenvalue weighted by molar-refractivity contribution is -0.122. The lowest BCUT2D eigenvalue weighted by Gasteiger charge is -2.18. The van der Waals surface area contributed by atoms with Gasteiger partial charge in [-0.1, -0.05) is 48.0 Å². The first kappa shape index (κ1) is 18.1. The lowest BCUT2D eigenvalue weighted by Crippen LogP contribution is -2.32. The standard InChI is InChI=1S/C21H25N3O2/c1-14-3-6-17(7-4-14)20(24-15(2)25)10-21(26)23-11-16-5-8-18-12-22-13-19(18)9-16/h3-9,20,22H,10-13H2,1-2H3,(H,23,26)(H,24,25). The van der Waals surface area contributed by atoms with E-state index < -0.39 is 0 Å². The van der Waals surface area contributed by atoms with Crippen molar-refractivity contribution in [2.45, 2.75) is 45.9 Å². The van der Waals surface area contributed by atoms with Crippen molar-refractivity contribution in [1.29, 1.82) is 0 Å². The molecular formula is C21H25N3O2. The van der Waals surface area contributed by atoms with Crippen LogP contribution in [0.2, 0.25) is 0 Å². The van der Waals surface area contributed by atoms with E-state index in [-0.39, 0.29) is 24.3 Å². The predicted molar refractivity (Wildman–Crippen MR) is 101 cm³/mol. The topological polar surface area (TPSA) is 70.2 Å². The highest BCUT2D eigenvalue weighted by atomic mass is 16.2.